The molecule has 0 amide bonds. The van der Waals surface area contributed by atoms with Gasteiger partial charge in [0.15, 0.2) is 9.84 Å². The van der Waals surface area contributed by atoms with Crippen LogP contribution in [0.5, 0.6) is 0 Å². The van der Waals surface area contributed by atoms with Crippen molar-refractivity contribution in [2.24, 2.45) is 0 Å². The second kappa shape index (κ2) is 6.38. The highest BCUT2D eigenvalue weighted by molar-refractivity contribution is 7.90. The molecule has 0 spiro atoms. The molecule has 6 heteroatoms. The first-order valence-electron chi connectivity index (χ1n) is 5.81. The predicted molar refractivity (Wildman–Crippen MR) is 74.1 cm³/mol. The quantitative estimate of drug-likeness (QED) is 0.779. The maximum Gasteiger partial charge on any atom is 0.331 e. The smallest absolute Gasteiger partial charge is 0.331 e. The average molecular weight is 283 g/mol. The lowest BCUT2D eigenvalue weighted by molar-refractivity contribution is -0.132. The molecule has 0 aliphatic rings. The van der Waals surface area contributed by atoms with Gasteiger partial charge in [-0.25, -0.2) is 13.2 Å². The minimum Gasteiger partial charge on any atom is -0.478 e. The number of benzene rings is 1. The largest absolute Gasteiger partial charge is 0.478 e. The topological polar surface area (TPSA) is 83.5 Å². The molecule has 1 aromatic carbocycles. The van der Waals surface area contributed by atoms with E-state index in [0.29, 0.717) is 18.5 Å². The van der Waals surface area contributed by atoms with Crippen LogP contribution >= 0.6 is 0 Å². The van der Waals surface area contributed by atoms with Crippen LogP contribution in [0.3, 0.4) is 0 Å². The van der Waals surface area contributed by atoms with Gasteiger partial charge >= 0.3 is 5.97 Å². The SMILES string of the molecule is CC/C(=C/CNc1ccc(S(C)(=O)=O)cc1)C(=O)O. The fourth-order valence-corrected chi connectivity index (χ4v) is 2.13. The third-order valence-electron chi connectivity index (χ3n) is 2.59. The van der Waals surface area contributed by atoms with Crippen molar-refractivity contribution in [1.82, 2.24) is 0 Å². The number of hydrogen-bond acceptors (Lipinski definition) is 4. The average Bonchev–Trinajstić information content (AvgIpc) is 2.33. The first kappa shape index (κ1) is 15.2. The van der Waals surface area contributed by atoms with E-state index < -0.39 is 15.8 Å². The molecule has 2 N–H and O–H groups in total. The van der Waals surface area contributed by atoms with Gasteiger partial charge in [-0.3, -0.25) is 0 Å². The molecule has 0 aliphatic carbocycles. The Kier molecular flexibility index (Phi) is 5.11. The molecule has 0 unspecified atom stereocenters. The number of hydrogen-bond donors (Lipinski definition) is 2. The molecule has 0 fully saturated rings. The predicted octanol–water partition coefficient (Wildman–Crippen LogP) is 1.92. The third-order valence-corrected chi connectivity index (χ3v) is 3.72. The monoisotopic (exact) mass is 283 g/mol. The van der Waals surface area contributed by atoms with Gasteiger partial charge in [-0.1, -0.05) is 13.0 Å². The van der Waals surface area contributed by atoms with Crippen LogP contribution in [0.2, 0.25) is 0 Å². The molecule has 0 saturated heterocycles. The van der Waals surface area contributed by atoms with Gasteiger partial charge in [-0.05, 0) is 30.7 Å². The van der Waals surface area contributed by atoms with Crippen LogP contribution in [0.15, 0.2) is 40.8 Å². The fourth-order valence-electron chi connectivity index (χ4n) is 1.49. The number of carbonyl (C=O) groups is 1. The number of nitrogens with one attached hydrogen (secondary N) is 1. The molecule has 0 aliphatic heterocycles. The molecule has 19 heavy (non-hydrogen) atoms. The van der Waals surface area contributed by atoms with Crippen molar-refractivity contribution >= 4 is 21.5 Å². The summed E-state index contributed by atoms with van der Waals surface area (Å²) in [6.07, 6.45) is 3.22. The zero-order valence-corrected chi connectivity index (χ0v) is 11.7. The van der Waals surface area contributed by atoms with E-state index in [0.717, 1.165) is 11.9 Å². The third kappa shape index (κ3) is 4.75. The highest BCUT2D eigenvalue weighted by Gasteiger charge is 2.06. The molecule has 1 aromatic rings. The molecule has 0 atom stereocenters. The van der Waals surface area contributed by atoms with Crippen LogP contribution < -0.4 is 5.32 Å². The van der Waals surface area contributed by atoms with Crippen molar-refractivity contribution in [1.29, 1.82) is 0 Å². The first-order valence-corrected chi connectivity index (χ1v) is 7.70. The van der Waals surface area contributed by atoms with E-state index in [9.17, 15) is 13.2 Å². The highest BCUT2D eigenvalue weighted by atomic mass is 32.2. The molecule has 0 bridgehead atoms. The number of carboxylic acid groups (broad SMARTS) is 1. The Bertz CT molecular complexity index is 573. The zero-order valence-electron chi connectivity index (χ0n) is 10.9. The maximum absolute atomic E-state index is 11.3. The van der Waals surface area contributed by atoms with Gasteiger partial charge in [0.1, 0.15) is 0 Å². The summed E-state index contributed by atoms with van der Waals surface area (Å²) in [6, 6.07) is 6.33. The summed E-state index contributed by atoms with van der Waals surface area (Å²) < 4.78 is 22.5. The Hall–Kier alpha value is -1.82. The van der Waals surface area contributed by atoms with E-state index in [1.165, 1.54) is 12.1 Å². The van der Waals surface area contributed by atoms with Crippen molar-refractivity contribution in [2.75, 3.05) is 18.1 Å². The van der Waals surface area contributed by atoms with Gasteiger partial charge in [-0.2, -0.15) is 0 Å². The Morgan fingerprint density at radius 3 is 2.32 bits per heavy atom. The number of anilines is 1. The second-order valence-corrected chi connectivity index (χ2v) is 6.08. The summed E-state index contributed by atoms with van der Waals surface area (Å²) in [6.45, 7) is 2.16. The van der Waals surface area contributed by atoms with Gasteiger partial charge in [0.05, 0.1) is 4.90 Å². The van der Waals surface area contributed by atoms with Crippen LogP contribution in [0.25, 0.3) is 0 Å². The minimum atomic E-state index is -3.19. The summed E-state index contributed by atoms with van der Waals surface area (Å²) in [4.78, 5) is 11.0. The Morgan fingerprint density at radius 2 is 1.89 bits per heavy atom. The van der Waals surface area contributed by atoms with Crippen molar-refractivity contribution in [3.8, 4) is 0 Å². The van der Waals surface area contributed by atoms with Crippen LogP contribution in [-0.2, 0) is 14.6 Å². The molecule has 0 heterocycles. The normalized spacial score (nSPS) is 12.2. The van der Waals surface area contributed by atoms with E-state index >= 15 is 0 Å². The van der Waals surface area contributed by atoms with Crippen LogP contribution in [0.1, 0.15) is 13.3 Å². The van der Waals surface area contributed by atoms with Crippen molar-refractivity contribution < 1.29 is 18.3 Å². The molecule has 0 saturated carbocycles. The minimum absolute atomic E-state index is 0.258. The lowest BCUT2D eigenvalue weighted by Gasteiger charge is -2.05. The molecular weight excluding hydrogens is 266 g/mol. The number of rotatable bonds is 6. The standard InChI is InChI=1S/C13H17NO4S/c1-3-10(13(15)16)8-9-14-11-4-6-12(7-5-11)19(2,17)18/h4-8,14H,3,9H2,1-2H3,(H,15,16)/b10-8-. The van der Waals surface area contributed by atoms with E-state index in [1.807, 2.05) is 0 Å². The molecule has 0 aromatic heterocycles. The molecular formula is C13H17NO4S. The fraction of sp³-hybridized carbons (Fsp3) is 0.308. The van der Waals surface area contributed by atoms with Crippen LogP contribution in [-0.4, -0.2) is 32.3 Å². The lowest BCUT2D eigenvalue weighted by atomic mass is 10.2. The van der Waals surface area contributed by atoms with E-state index in [4.69, 9.17) is 5.11 Å². The van der Waals surface area contributed by atoms with E-state index in [2.05, 4.69) is 5.32 Å². The van der Waals surface area contributed by atoms with Gasteiger partial charge in [-0.15, -0.1) is 0 Å². The molecule has 104 valence electrons. The van der Waals surface area contributed by atoms with E-state index in [1.54, 1.807) is 25.1 Å². The molecule has 1 rings (SSSR count). The van der Waals surface area contributed by atoms with Gasteiger partial charge in [0.25, 0.3) is 0 Å². The Labute approximate surface area is 112 Å². The summed E-state index contributed by atoms with van der Waals surface area (Å²) in [5.41, 5.74) is 1.09. The van der Waals surface area contributed by atoms with Gasteiger partial charge in [0, 0.05) is 24.1 Å². The van der Waals surface area contributed by atoms with Gasteiger partial charge < -0.3 is 10.4 Å². The number of sulfone groups is 1. The zero-order chi connectivity index (χ0) is 14.5. The number of carboxylic acids is 1. The second-order valence-electron chi connectivity index (χ2n) is 4.07. The summed E-state index contributed by atoms with van der Waals surface area (Å²) in [7, 11) is -3.19. The molecule has 5 nitrogen and oxygen atoms in total. The lowest BCUT2D eigenvalue weighted by Crippen LogP contribution is -2.05. The first-order chi connectivity index (χ1) is 8.84. The Balaban J connectivity index is 2.67. The Morgan fingerprint density at radius 1 is 1.32 bits per heavy atom. The van der Waals surface area contributed by atoms with E-state index in [-0.39, 0.29) is 4.90 Å². The van der Waals surface area contributed by atoms with Gasteiger partial charge in [0.2, 0.25) is 0 Å². The van der Waals surface area contributed by atoms with Crippen molar-refractivity contribution in [3.05, 3.63) is 35.9 Å². The maximum atomic E-state index is 11.3. The van der Waals surface area contributed by atoms with Crippen LogP contribution in [0, 0.1) is 0 Å². The molecule has 0 radical (unpaired) electrons. The summed E-state index contributed by atoms with van der Waals surface area (Å²) in [5, 5.41) is 11.8. The van der Waals surface area contributed by atoms with Crippen molar-refractivity contribution in [3.63, 3.8) is 0 Å². The number of aliphatic carboxylic acids is 1. The summed E-state index contributed by atoms with van der Waals surface area (Å²) in [5.74, 6) is -0.920. The highest BCUT2D eigenvalue weighted by Crippen LogP contribution is 2.13. The van der Waals surface area contributed by atoms with Crippen LogP contribution in [0.4, 0.5) is 5.69 Å². The van der Waals surface area contributed by atoms with Crippen molar-refractivity contribution in [2.45, 2.75) is 18.2 Å². The summed E-state index contributed by atoms with van der Waals surface area (Å²) >= 11 is 0.